The van der Waals surface area contributed by atoms with E-state index in [9.17, 15) is 13.2 Å². The lowest BCUT2D eigenvalue weighted by Gasteiger charge is -2.13. The van der Waals surface area contributed by atoms with E-state index in [-0.39, 0.29) is 22.1 Å². The Balaban J connectivity index is 1.95. The zero-order chi connectivity index (χ0) is 20.1. The van der Waals surface area contributed by atoms with E-state index in [0.29, 0.717) is 12.2 Å². The van der Waals surface area contributed by atoms with Crippen LogP contribution in [0.15, 0.2) is 59.6 Å². The number of aromatic nitrogens is 1. The second-order valence-electron chi connectivity index (χ2n) is 6.14. The Bertz CT molecular complexity index is 1110. The van der Waals surface area contributed by atoms with Crippen molar-refractivity contribution in [1.82, 2.24) is 10.3 Å². The molecule has 0 atom stereocenters. The van der Waals surface area contributed by atoms with Crippen molar-refractivity contribution in [3.63, 3.8) is 0 Å². The van der Waals surface area contributed by atoms with Crippen molar-refractivity contribution in [3.8, 4) is 5.75 Å². The number of pyridine rings is 1. The van der Waals surface area contributed by atoms with Crippen LogP contribution >= 0.6 is 0 Å². The molecule has 2 aromatic carbocycles. The number of nitrogens with zero attached hydrogens (tertiary/aromatic N) is 1. The zero-order valence-corrected chi connectivity index (χ0v) is 16.4. The molecule has 8 heteroatoms. The molecule has 0 bridgehead atoms. The number of para-hydroxylation sites is 1. The van der Waals surface area contributed by atoms with Gasteiger partial charge < -0.3 is 10.1 Å². The molecule has 7 nitrogen and oxygen atoms in total. The Morgan fingerprint density at radius 2 is 1.93 bits per heavy atom. The average molecular weight is 399 g/mol. The Hall–Kier alpha value is -3.13. The fourth-order valence-corrected chi connectivity index (χ4v) is 3.94. The van der Waals surface area contributed by atoms with Gasteiger partial charge >= 0.3 is 0 Å². The molecule has 28 heavy (non-hydrogen) atoms. The third-order valence-electron chi connectivity index (χ3n) is 4.09. The normalized spacial score (nSPS) is 11.2. The number of methoxy groups -OCH3 is 1. The quantitative estimate of drug-likeness (QED) is 0.636. The van der Waals surface area contributed by atoms with Gasteiger partial charge in [-0.1, -0.05) is 25.1 Å². The fourth-order valence-electron chi connectivity index (χ4n) is 2.71. The summed E-state index contributed by atoms with van der Waals surface area (Å²) in [6, 6.07) is 13.4. The largest absolute Gasteiger partial charge is 0.495 e. The molecular weight excluding hydrogens is 378 g/mol. The van der Waals surface area contributed by atoms with Gasteiger partial charge in [0.25, 0.3) is 15.9 Å². The summed E-state index contributed by atoms with van der Waals surface area (Å²) >= 11 is 0. The summed E-state index contributed by atoms with van der Waals surface area (Å²) in [6.07, 6.45) is 2.23. The van der Waals surface area contributed by atoms with Crippen LogP contribution < -0.4 is 14.8 Å². The van der Waals surface area contributed by atoms with Crippen molar-refractivity contribution >= 4 is 32.5 Å². The van der Waals surface area contributed by atoms with Crippen LogP contribution in [0.5, 0.6) is 5.75 Å². The summed E-state index contributed by atoms with van der Waals surface area (Å²) in [6.45, 7) is 2.44. The van der Waals surface area contributed by atoms with Gasteiger partial charge in [-0.05, 0) is 36.8 Å². The van der Waals surface area contributed by atoms with E-state index in [0.717, 1.165) is 17.3 Å². The van der Waals surface area contributed by atoms with Gasteiger partial charge in [-0.15, -0.1) is 0 Å². The number of hydrogen-bond acceptors (Lipinski definition) is 5. The number of fused-ring (bicyclic) bond motifs is 1. The number of sulfonamides is 1. The standard InChI is InChI=1S/C20H21N3O4S/c1-3-10-21-20(24)15-8-9-18(27-2)19(12-15)28(25,26)23-16-11-14-6-4-5-7-17(14)22-13-16/h4-9,11-13,23H,3,10H2,1-2H3,(H,21,24). The predicted octanol–water partition coefficient (Wildman–Crippen LogP) is 3.18. The van der Waals surface area contributed by atoms with E-state index in [4.69, 9.17) is 4.74 Å². The van der Waals surface area contributed by atoms with Crippen LogP contribution in [-0.4, -0.2) is 33.0 Å². The smallest absolute Gasteiger partial charge is 0.265 e. The minimum Gasteiger partial charge on any atom is -0.495 e. The molecule has 3 rings (SSSR count). The van der Waals surface area contributed by atoms with E-state index in [1.54, 1.807) is 6.07 Å². The van der Waals surface area contributed by atoms with E-state index in [1.807, 2.05) is 31.2 Å². The topological polar surface area (TPSA) is 97.4 Å². The fraction of sp³-hybridized carbons (Fsp3) is 0.200. The van der Waals surface area contributed by atoms with Crippen molar-refractivity contribution in [3.05, 3.63) is 60.3 Å². The number of rotatable bonds is 7. The van der Waals surface area contributed by atoms with E-state index >= 15 is 0 Å². The first kappa shape index (κ1) is 19.6. The van der Waals surface area contributed by atoms with Crippen molar-refractivity contribution in [2.45, 2.75) is 18.2 Å². The van der Waals surface area contributed by atoms with Crippen LogP contribution in [0.3, 0.4) is 0 Å². The zero-order valence-electron chi connectivity index (χ0n) is 15.6. The van der Waals surface area contributed by atoms with Crippen molar-refractivity contribution in [2.75, 3.05) is 18.4 Å². The summed E-state index contributed by atoms with van der Waals surface area (Å²) in [5.41, 5.74) is 1.32. The van der Waals surface area contributed by atoms with Gasteiger partial charge in [-0.2, -0.15) is 0 Å². The molecule has 3 aromatic rings. The van der Waals surface area contributed by atoms with Gasteiger partial charge in [0.2, 0.25) is 0 Å². The van der Waals surface area contributed by atoms with Gasteiger partial charge in [0.05, 0.1) is 24.5 Å². The lowest BCUT2D eigenvalue weighted by molar-refractivity contribution is 0.0953. The van der Waals surface area contributed by atoms with Crippen LogP contribution in [0.4, 0.5) is 5.69 Å². The number of carbonyl (C=O) groups excluding carboxylic acids is 1. The third-order valence-corrected chi connectivity index (χ3v) is 5.50. The molecule has 0 aliphatic rings. The second kappa shape index (κ2) is 8.26. The first-order valence-corrected chi connectivity index (χ1v) is 10.3. The summed E-state index contributed by atoms with van der Waals surface area (Å²) in [5, 5.41) is 3.54. The molecule has 0 unspecified atom stereocenters. The highest BCUT2D eigenvalue weighted by atomic mass is 32.2. The molecule has 1 aromatic heterocycles. The number of nitrogens with one attached hydrogen (secondary N) is 2. The third kappa shape index (κ3) is 4.23. The van der Waals surface area contributed by atoms with Crippen LogP contribution in [-0.2, 0) is 10.0 Å². The first-order valence-electron chi connectivity index (χ1n) is 8.78. The van der Waals surface area contributed by atoms with E-state index in [1.165, 1.54) is 31.5 Å². The monoisotopic (exact) mass is 399 g/mol. The highest BCUT2D eigenvalue weighted by Crippen LogP contribution is 2.27. The lowest BCUT2D eigenvalue weighted by atomic mass is 10.2. The molecule has 0 radical (unpaired) electrons. The molecule has 0 saturated heterocycles. The van der Waals surface area contributed by atoms with Crippen LogP contribution in [0.25, 0.3) is 10.9 Å². The summed E-state index contributed by atoms with van der Waals surface area (Å²) in [4.78, 5) is 16.4. The Labute approximate surface area is 163 Å². The number of anilines is 1. The van der Waals surface area contributed by atoms with Gasteiger partial charge in [0.15, 0.2) is 0 Å². The molecular formula is C20H21N3O4S. The minimum atomic E-state index is -4.00. The van der Waals surface area contributed by atoms with Crippen molar-refractivity contribution in [1.29, 1.82) is 0 Å². The molecule has 146 valence electrons. The maximum Gasteiger partial charge on any atom is 0.265 e. The van der Waals surface area contributed by atoms with Gasteiger partial charge in [-0.3, -0.25) is 14.5 Å². The van der Waals surface area contributed by atoms with Crippen molar-refractivity contribution in [2.24, 2.45) is 0 Å². The molecule has 0 aliphatic carbocycles. The highest BCUT2D eigenvalue weighted by Gasteiger charge is 2.22. The van der Waals surface area contributed by atoms with Gasteiger partial charge in [-0.25, -0.2) is 8.42 Å². The van der Waals surface area contributed by atoms with E-state index < -0.39 is 10.0 Å². The molecule has 0 saturated carbocycles. The minimum absolute atomic E-state index is 0.118. The lowest BCUT2D eigenvalue weighted by Crippen LogP contribution is -2.24. The Kier molecular flexibility index (Phi) is 5.79. The number of ether oxygens (including phenoxy) is 1. The number of amides is 1. The SMILES string of the molecule is CCCNC(=O)c1ccc(OC)c(S(=O)(=O)Nc2cnc3ccccc3c2)c1. The molecule has 1 amide bonds. The second-order valence-corrected chi connectivity index (χ2v) is 7.79. The van der Waals surface area contributed by atoms with Crippen molar-refractivity contribution < 1.29 is 17.9 Å². The highest BCUT2D eigenvalue weighted by molar-refractivity contribution is 7.92. The number of carbonyl (C=O) groups is 1. The Morgan fingerprint density at radius 1 is 1.14 bits per heavy atom. The van der Waals surface area contributed by atoms with Crippen LogP contribution in [0.2, 0.25) is 0 Å². The molecule has 0 aliphatic heterocycles. The number of hydrogen-bond donors (Lipinski definition) is 2. The predicted molar refractivity (Wildman–Crippen MR) is 108 cm³/mol. The van der Waals surface area contributed by atoms with Gasteiger partial charge in [0.1, 0.15) is 10.6 Å². The summed E-state index contributed by atoms with van der Waals surface area (Å²) in [7, 11) is -2.62. The first-order chi connectivity index (χ1) is 13.4. The van der Waals surface area contributed by atoms with Crippen LogP contribution in [0, 0.1) is 0 Å². The molecule has 1 heterocycles. The summed E-state index contributed by atoms with van der Waals surface area (Å²) < 4.78 is 33.6. The van der Waals surface area contributed by atoms with Gasteiger partial charge in [0, 0.05) is 17.5 Å². The maximum absolute atomic E-state index is 13.0. The molecule has 0 fully saturated rings. The maximum atomic E-state index is 13.0. The molecule has 2 N–H and O–H groups in total. The summed E-state index contributed by atoms with van der Waals surface area (Å²) in [5.74, 6) is -0.193. The molecule has 0 spiro atoms. The number of benzene rings is 2. The average Bonchev–Trinajstić information content (AvgIpc) is 2.71. The van der Waals surface area contributed by atoms with Crippen LogP contribution in [0.1, 0.15) is 23.7 Å². The Morgan fingerprint density at radius 3 is 2.68 bits per heavy atom. The van der Waals surface area contributed by atoms with E-state index in [2.05, 4.69) is 15.0 Å².